The van der Waals surface area contributed by atoms with E-state index >= 15 is 0 Å². The van der Waals surface area contributed by atoms with Crippen molar-refractivity contribution in [1.82, 2.24) is 19.6 Å². The molecule has 6 nitrogen and oxygen atoms in total. The van der Waals surface area contributed by atoms with Gasteiger partial charge in [0.1, 0.15) is 5.82 Å². The van der Waals surface area contributed by atoms with Gasteiger partial charge in [-0.2, -0.15) is 10.2 Å². The predicted octanol–water partition coefficient (Wildman–Crippen LogP) is 2.98. The number of nitrogens with one attached hydrogen (secondary N) is 1. The first kappa shape index (κ1) is 15.6. The van der Waals surface area contributed by atoms with Crippen LogP contribution >= 0.6 is 0 Å². The van der Waals surface area contributed by atoms with Crippen LogP contribution in [-0.2, 0) is 24.2 Å². The Morgan fingerprint density at radius 1 is 1.16 bits per heavy atom. The van der Waals surface area contributed by atoms with Crippen LogP contribution in [-0.4, -0.2) is 25.5 Å². The maximum Gasteiger partial charge on any atom is 0.225 e. The zero-order valence-electron chi connectivity index (χ0n) is 14.1. The third-order valence-corrected chi connectivity index (χ3v) is 4.52. The summed E-state index contributed by atoms with van der Waals surface area (Å²) in [5.74, 6) is 0.863. The first-order valence-corrected chi connectivity index (χ1v) is 8.75. The molecule has 25 heavy (non-hydrogen) atoms. The van der Waals surface area contributed by atoms with Crippen LogP contribution in [0.25, 0.3) is 5.69 Å². The number of rotatable bonds is 6. The van der Waals surface area contributed by atoms with Crippen molar-refractivity contribution in [2.75, 3.05) is 5.32 Å². The molecule has 1 N–H and O–H groups in total. The molecule has 0 atom stereocenters. The van der Waals surface area contributed by atoms with Crippen LogP contribution in [0, 0.1) is 0 Å². The number of aryl methyl sites for hydroxylation is 2. The first-order chi connectivity index (χ1) is 12.3. The summed E-state index contributed by atoms with van der Waals surface area (Å²) in [5, 5.41) is 12.0. The quantitative estimate of drug-likeness (QED) is 0.753. The van der Waals surface area contributed by atoms with Crippen molar-refractivity contribution in [1.29, 1.82) is 0 Å². The molecule has 3 aromatic rings. The Balaban J connectivity index is 1.48. The van der Waals surface area contributed by atoms with Gasteiger partial charge in [-0.1, -0.05) is 18.2 Å². The molecular weight excluding hydrogens is 314 g/mol. The molecule has 0 bridgehead atoms. The highest BCUT2D eigenvalue weighted by Gasteiger charge is 2.24. The lowest BCUT2D eigenvalue weighted by Gasteiger charge is -2.11. The molecule has 0 saturated heterocycles. The van der Waals surface area contributed by atoms with Crippen LogP contribution in [0.3, 0.4) is 0 Å². The number of nitrogens with zero attached hydrogens (tertiary/aromatic N) is 4. The normalized spacial score (nSPS) is 13.0. The summed E-state index contributed by atoms with van der Waals surface area (Å²) in [5.41, 5.74) is 3.27. The first-order valence-electron chi connectivity index (χ1n) is 8.75. The minimum Gasteiger partial charge on any atom is -0.310 e. The third-order valence-electron chi connectivity index (χ3n) is 4.52. The van der Waals surface area contributed by atoms with Crippen molar-refractivity contribution in [3.8, 4) is 5.69 Å². The van der Waals surface area contributed by atoms with E-state index in [9.17, 15) is 4.79 Å². The second-order valence-electron chi connectivity index (χ2n) is 6.30. The summed E-state index contributed by atoms with van der Waals surface area (Å²) in [4.78, 5) is 12.4. The number of carbonyl (C=O) groups excluding carboxylic acids is 1. The molecular formula is C19H21N5O. The minimum atomic E-state index is 0.0268. The van der Waals surface area contributed by atoms with E-state index < -0.39 is 0 Å². The van der Waals surface area contributed by atoms with Gasteiger partial charge in [-0.25, -0.2) is 4.68 Å². The summed E-state index contributed by atoms with van der Waals surface area (Å²) >= 11 is 0. The molecule has 4 rings (SSSR count). The molecule has 1 aliphatic rings. The molecule has 128 valence electrons. The van der Waals surface area contributed by atoms with E-state index in [1.807, 2.05) is 52.0 Å². The summed E-state index contributed by atoms with van der Waals surface area (Å²) in [6.45, 7) is 0.747. The molecule has 0 aliphatic heterocycles. The highest BCUT2D eigenvalue weighted by atomic mass is 16.1. The Morgan fingerprint density at radius 2 is 2.04 bits per heavy atom. The molecule has 6 heteroatoms. The molecule has 2 heterocycles. The Kier molecular flexibility index (Phi) is 4.33. The number of hydrogen-bond acceptors (Lipinski definition) is 3. The Morgan fingerprint density at radius 3 is 2.84 bits per heavy atom. The number of anilines is 1. The molecule has 0 fully saturated rings. The molecule has 1 aromatic carbocycles. The van der Waals surface area contributed by atoms with Gasteiger partial charge in [-0.3, -0.25) is 9.48 Å². The molecule has 0 radical (unpaired) electrons. The molecule has 1 amide bonds. The smallest absolute Gasteiger partial charge is 0.225 e. The van der Waals surface area contributed by atoms with Crippen molar-refractivity contribution in [3.05, 3.63) is 60.0 Å². The van der Waals surface area contributed by atoms with Gasteiger partial charge in [0.25, 0.3) is 0 Å². The van der Waals surface area contributed by atoms with Crippen LogP contribution in [0.4, 0.5) is 5.82 Å². The molecule has 0 saturated carbocycles. The zero-order chi connectivity index (χ0) is 17.1. The molecule has 1 aliphatic carbocycles. The van der Waals surface area contributed by atoms with Gasteiger partial charge in [-0.05, 0) is 43.9 Å². The second kappa shape index (κ2) is 6.93. The minimum absolute atomic E-state index is 0.0268. The highest BCUT2D eigenvalue weighted by molar-refractivity contribution is 5.91. The standard InChI is InChI=1S/C19H21N5O/c25-18(11-5-13-23-14-6-12-20-23)21-19-16-9-4-10-17(16)22-24(19)15-7-2-1-3-8-15/h1-3,6-8,12,14H,4-5,9-11,13H2,(H,21,25). The topological polar surface area (TPSA) is 64.7 Å². The molecule has 0 spiro atoms. The number of carbonyl (C=O) groups is 1. The fourth-order valence-corrected chi connectivity index (χ4v) is 3.31. The Labute approximate surface area is 146 Å². The van der Waals surface area contributed by atoms with Crippen molar-refractivity contribution < 1.29 is 4.79 Å². The second-order valence-corrected chi connectivity index (χ2v) is 6.30. The predicted molar refractivity (Wildman–Crippen MR) is 95.7 cm³/mol. The average molecular weight is 335 g/mol. The van der Waals surface area contributed by atoms with E-state index in [0.29, 0.717) is 6.42 Å². The van der Waals surface area contributed by atoms with Crippen LogP contribution < -0.4 is 5.32 Å². The van der Waals surface area contributed by atoms with E-state index in [4.69, 9.17) is 5.10 Å². The SMILES string of the molecule is O=C(CCCn1cccn1)Nc1c2c(nn1-c1ccccc1)CCC2. The van der Waals surface area contributed by atoms with Crippen molar-refractivity contribution >= 4 is 11.7 Å². The Bertz CT molecular complexity index is 852. The van der Waals surface area contributed by atoms with Gasteiger partial charge in [0.2, 0.25) is 5.91 Å². The van der Waals surface area contributed by atoms with E-state index in [1.54, 1.807) is 6.20 Å². The molecule has 2 aromatic heterocycles. The van der Waals surface area contributed by atoms with Crippen molar-refractivity contribution in [2.45, 2.75) is 38.6 Å². The van der Waals surface area contributed by atoms with Crippen LogP contribution in [0.2, 0.25) is 0 Å². The zero-order valence-corrected chi connectivity index (χ0v) is 14.1. The number of benzene rings is 1. The van der Waals surface area contributed by atoms with Crippen LogP contribution in [0.1, 0.15) is 30.5 Å². The maximum atomic E-state index is 12.4. The lowest BCUT2D eigenvalue weighted by molar-refractivity contribution is -0.116. The summed E-state index contributed by atoms with van der Waals surface area (Å²) in [6, 6.07) is 11.9. The lowest BCUT2D eigenvalue weighted by Crippen LogP contribution is -2.16. The van der Waals surface area contributed by atoms with E-state index in [2.05, 4.69) is 10.4 Å². The van der Waals surface area contributed by atoms with Gasteiger partial charge >= 0.3 is 0 Å². The number of para-hydroxylation sites is 1. The van der Waals surface area contributed by atoms with E-state index in [1.165, 1.54) is 5.56 Å². The van der Waals surface area contributed by atoms with Gasteiger partial charge < -0.3 is 5.32 Å². The highest BCUT2D eigenvalue weighted by Crippen LogP contribution is 2.31. The van der Waals surface area contributed by atoms with Gasteiger partial charge in [0.15, 0.2) is 0 Å². The summed E-state index contributed by atoms with van der Waals surface area (Å²) < 4.78 is 3.72. The number of aromatic nitrogens is 4. The van der Waals surface area contributed by atoms with Crippen LogP contribution in [0.15, 0.2) is 48.8 Å². The van der Waals surface area contributed by atoms with Gasteiger partial charge in [-0.15, -0.1) is 0 Å². The van der Waals surface area contributed by atoms with E-state index in [-0.39, 0.29) is 5.91 Å². The third kappa shape index (κ3) is 3.33. The maximum absolute atomic E-state index is 12.4. The lowest BCUT2D eigenvalue weighted by atomic mass is 10.2. The largest absolute Gasteiger partial charge is 0.310 e. The fourth-order valence-electron chi connectivity index (χ4n) is 3.31. The molecule has 0 unspecified atom stereocenters. The van der Waals surface area contributed by atoms with Gasteiger partial charge in [0, 0.05) is 30.9 Å². The Hall–Kier alpha value is -2.89. The van der Waals surface area contributed by atoms with Gasteiger partial charge in [0.05, 0.1) is 11.4 Å². The van der Waals surface area contributed by atoms with Crippen LogP contribution in [0.5, 0.6) is 0 Å². The number of fused-ring (bicyclic) bond motifs is 1. The average Bonchev–Trinajstić information content (AvgIpc) is 3.35. The summed E-state index contributed by atoms with van der Waals surface area (Å²) in [7, 11) is 0. The van der Waals surface area contributed by atoms with Crippen molar-refractivity contribution in [3.63, 3.8) is 0 Å². The number of hydrogen-bond donors (Lipinski definition) is 1. The fraction of sp³-hybridized carbons (Fsp3) is 0.316. The summed E-state index contributed by atoms with van der Waals surface area (Å²) in [6.07, 6.45) is 7.96. The monoisotopic (exact) mass is 335 g/mol. The number of amides is 1. The van der Waals surface area contributed by atoms with E-state index in [0.717, 1.165) is 49.4 Å². The van der Waals surface area contributed by atoms with Crippen molar-refractivity contribution in [2.24, 2.45) is 0 Å².